The van der Waals surface area contributed by atoms with Crippen LogP contribution in [0.4, 0.5) is 11.4 Å². The Kier molecular flexibility index (Phi) is 9.90. The first kappa shape index (κ1) is 22.6. The second kappa shape index (κ2) is 12.7. The van der Waals surface area contributed by atoms with Crippen LogP contribution >= 0.6 is 0 Å². The van der Waals surface area contributed by atoms with Gasteiger partial charge in [-0.2, -0.15) is 10.2 Å². The molecule has 156 valence electrons. The Labute approximate surface area is 173 Å². The second-order valence-electron chi connectivity index (χ2n) is 7.26. The van der Waals surface area contributed by atoms with Crippen molar-refractivity contribution >= 4 is 17.3 Å². The molecule has 0 saturated carbocycles. The van der Waals surface area contributed by atoms with Crippen LogP contribution in [-0.4, -0.2) is 17.2 Å². The molecule has 1 unspecified atom stereocenters. The maximum absolute atomic E-state index is 11.3. The van der Waals surface area contributed by atoms with Gasteiger partial charge in [-0.05, 0) is 67.6 Å². The van der Waals surface area contributed by atoms with E-state index in [-0.39, 0.29) is 0 Å². The average molecular weight is 397 g/mol. The number of hydrogen-bond acceptors (Lipinski definition) is 4. The highest BCUT2D eigenvalue weighted by Gasteiger charge is 2.18. The summed E-state index contributed by atoms with van der Waals surface area (Å²) >= 11 is 0. The van der Waals surface area contributed by atoms with E-state index in [4.69, 9.17) is 4.74 Å². The lowest BCUT2D eigenvalue weighted by molar-refractivity contribution is -0.145. The minimum atomic E-state index is -0.934. The normalized spacial score (nSPS) is 12.2. The Balaban J connectivity index is 1.88. The van der Waals surface area contributed by atoms with Crippen molar-refractivity contribution in [1.29, 1.82) is 0 Å². The number of ether oxygens (including phenoxy) is 1. The molecule has 0 amide bonds. The van der Waals surface area contributed by atoms with Gasteiger partial charge in [-0.1, -0.05) is 51.7 Å². The van der Waals surface area contributed by atoms with E-state index in [1.54, 1.807) is 24.3 Å². The molecular weight excluding hydrogens is 364 g/mol. The molecule has 2 aromatic rings. The van der Waals surface area contributed by atoms with Crippen molar-refractivity contribution < 1.29 is 14.6 Å². The quantitative estimate of drug-likeness (QED) is 0.286. The molecule has 0 aliphatic heterocycles. The average Bonchev–Trinajstić information content (AvgIpc) is 2.74. The van der Waals surface area contributed by atoms with E-state index in [1.807, 2.05) is 19.1 Å². The first-order valence-corrected chi connectivity index (χ1v) is 10.6. The summed E-state index contributed by atoms with van der Waals surface area (Å²) in [4.78, 5) is 11.3. The van der Waals surface area contributed by atoms with E-state index in [0.717, 1.165) is 24.9 Å². The van der Waals surface area contributed by atoms with Gasteiger partial charge in [0.2, 0.25) is 0 Å². The molecular formula is C24H32N2O3. The Morgan fingerprint density at radius 1 is 0.862 bits per heavy atom. The lowest BCUT2D eigenvalue weighted by Crippen LogP contribution is -2.26. The van der Waals surface area contributed by atoms with Crippen LogP contribution in [0.3, 0.4) is 0 Å². The molecule has 0 saturated heterocycles. The molecule has 0 aromatic heterocycles. The van der Waals surface area contributed by atoms with Gasteiger partial charge in [0.05, 0.1) is 11.4 Å². The van der Waals surface area contributed by atoms with Crippen LogP contribution in [0, 0.1) is 0 Å². The first-order chi connectivity index (χ1) is 14.1. The number of unbranched alkanes of at least 4 members (excludes halogenated alkanes) is 4. The Hall–Kier alpha value is -2.69. The fourth-order valence-electron chi connectivity index (χ4n) is 2.98. The number of carbonyl (C=O) groups is 1. The van der Waals surface area contributed by atoms with Crippen LogP contribution in [-0.2, 0) is 11.2 Å². The summed E-state index contributed by atoms with van der Waals surface area (Å²) in [6.07, 6.45) is 7.61. The molecule has 0 spiro atoms. The number of azo groups is 1. The summed E-state index contributed by atoms with van der Waals surface area (Å²) in [5.41, 5.74) is 2.84. The van der Waals surface area contributed by atoms with Gasteiger partial charge in [-0.15, -0.1) is 0 Å². The standard InChI is InChI=1S/C24H32N2O3/c1-3-5-7-8-9-19-11-13-20(14-12-19)25-26-21-15-17-22(18-16-21)29-23(24(27)28)10-6-4-2/h11-18,23H,3-10H2,1-2H3,(H,27,28). The zero-order chi connectivity index (χ0) is 20.9. The van der Waals surface area contributed by atoms with Crippen LogP contribution < -0.4 is 4.74 Å². The smallest absolute Gasteiger partial charge is 0.344 e. The van der Waals surface area contributed by atoms with E-state index in [2.05, 4.69) is 29.3 Å². The molecule has 0 heterocycles. The Morgan fingerprint density at radius 2 is 1.45 bits per heavy atom. The molecule has 2 rings (SSSR count). The van der Waals surface area contributed by atoms with Gasteiger partial charge >= 0.3 is 5.97 Å². The maximum atomic E-state index is 11.3. The molecule has 5 heteroatoms. The molecule has 2 aromatic carbocycles. The van der Waals surface area contributed by atoms with Crippen LogP contribution in [0.5, 0.6) is 5.75 Å². The van der Waals surface area contributed by atoms with Crippen LogP contribution in [0.2, 0.25) is 0 Å². The monoisotopic (exact) mass is 396 g/mol. The van der Waals surface area contributed by atoms with E-state index in [1.165, 1.54) is 31.2 Å². The van der Waals surface area contributed by atoms with Crippen molar-refractivity contribution in [3.8, 4) is 5.75 Å². The fourth-order valence-corrected chi connectivity index (χ4v) is 2.98. The molecule has 0 aliphatic rings. The number of benzene rings is 2. The van der Waals surface area contributed by atoms with Gasteiger partial charge in [-0.25, -0.2) is 4.79 Å². The van der Waals surface area contributed by atoms with Crippen LogP contribution in [0.15, 0.2) is 58.8 Å². The molecule has 0 fully saturated rings. The summed E-state index contributed by atoms with van der Waals surface area (Å²) in [5.74, 6) is -0.407. The number of nitrogens with zero attached hydrogens (tertiary/aromatic N) is 2. The topological polar surface area (TPSA) is 71.2 Å². The van der Waals surface area contributed by atoms with Crippen LogP contribution in [0.1, 0.15) is 64.4 Å². The minimum absolute atomic E-state index is 0.502. The highest BCUT2D eigenvalue weighted by Crippen LogP contribution is 2.23. The number of hydrogen-bond donors (Lipinski definition) is 1. The highest BCUT2D eigenvalue weighted by molar-refractivity contribution is 5.72. The minimum Gasteiger partial charge on any atom is -0.479 e. The van der Waals surface area contributed by atoms with Gasteiger partial charge < -0.3 is 9.84 Å². The van der Waals surface area contributed by atoms with Crippen molar-refractivity contribution in [2.24, 2.45) is 10.2 Å². The molecule has 5 nitrogen and oxygen atoms in total. The summed E-state index contributed by atoms with van der Waals surface area (Å²) in [5, 5.41) is 17.8. The third-order valence-electron chi connectivity index (χ3n) is 4.75. The largest absolute Gasteiger partial charge is 0.479 e. The van der Waals surface area contributed by atoms with Gasteiger partial charge in [0, 0.05) is 0 Å². The van der Waals surface area contributed by atoms with Gasteiger partial charge in [0.15, 0.2) is 6.10 Å². The first-order valence-electron chi connectivity index (χ1n) is 10.6. The van der Waals surface area contributed by atoms with Gasteiger partial charge in [0.1, 0.15) is 5.75 Å². The lowest BCUT2D eigenvalue weighted by atomic mass is 10.1. The Bertz CT molecular complexity index is 755. The van der Waals surface area contributed by atoms with E-state index >= 15 is 0 Å². The van der Waals surface area contributed by atoms with E-state index < -0.39 is 12.1 Å². The number of aliphatic carboxylic acids is 1. The molecule has 0 radical (unpaired) electrons. The highest BCUT2D eigenvalue weighted by atomic mass is 16.5. The fraction of sp³-hybridized carbons (Fsp3) is 0.458. The molecule has 29 heavy (non-hydrogen) atoms. The van der Waals surface area contributed by atoms with Crippen molar-refractivity contribution in [3.05, 3.63) is 54.1 Å². The zero-order valence-electron chi connectivity index (χ0n) is 17.5. The SMILES string of the molecule is CCCCCCc1ccc(N=Nc2ccc(OC(CCCC)C(=O)O)cc2)cc1. The van der Waals surface area contributed by atoms with Gasteiger partial charge in [0.25, 0.3) is 0 Å². The summed E-state index contributed by atoms with van der Waals surface area (Å²) < 4.78 is 5.58. The summed E-state index contributed by atoms with van der Waals surface area (Å²) in [6, 6.07) is 15.2. The lowest BCUT2D eigenvalue weighted by Gasteiger charge is -2.14. The molecule has 1 N–H and O–H groups in total. The van der Waals surface area contributed by atoms with Gasteiger partial charge in [-0.3, -0.25) is 0 Å². The summed E-state index contributed by atoms with van der Waals surface area (Å²) in [6.45, 7) is 4.25. The molecule has 0 aliphatic carbocycles. The van der Waals surface area contributed by atoms with E-state index in [9.17, 15) is 9.90 Å². The predicted octanol–water partition coefficient (Wildman–Crippen LogP) is 7.25. The number of carboxylic acids is 1. The number of aryl methyl sites for hydroxylation is 1. The summed E-state index contributed by atoms with van der Waals surface area (Å²) in [7, 11) is 0. The van der Waals surface area contributed by atoms with E-state index in [0.29, 0.717) is 17.9 Å². The molecule has 0 bridgehead atoms. The Morgan fingerprint density at radius 3 is 2.00 bits per heavy atom. The number of carboxylic acid groups (broad SMARTS) is 1. The van der Waals surface area contributed by atoms with Crippen molar-refractivity contribution in [3.63, 3.8) is 0 Å². The maximum Gasteiger partial charge on any atom is 0.344 e. The van der Waals surface area contributed by atoms with Crippen molar-refractivity contribution in [2.45, 2.75) is 71.3 Å². The molecule has 1 atom stereocenters. The van der Waals surface area contributed by atoms with Crippen molar-refractivity contribution in [2.75, 3.05) is 0 Å². The second-order valence-corrected chi connectivity index (χ2v) is 7.26. The third kappa shape index (κ3) is 8.46. The zero-order valence-corrected chi connectivity index (χ0v) is 17.5. The van der Waals surface area contributed by atoms with Crippen LogP contribution in [0.25, 0.3) is 0 Å². The number of rotatable bonds is 13. The van der Waals surface area contributed by atoms with Crippen molar-refractivity contribution in [1.82, 2.24) is 0 Å². The third-order valence-corrected chi connectivity index (χ3v) is 4.75. The predicted molar refractivity (Wildman–Crippen MR) is 116 cm³/mol.